The number of hydrogen-bond acceptors (Lipinski definition) is 1. The first-order chi connectivity index (χ1) is 7.81. The van der Waals surface area contributed by atoms with Crippen LogP contribution in [0.4, 0.5) is 0 Å². The standard InChI is InChI=1S/C14H15NO/c1-2-6-13-9-10-14(16)15(13)11-12-7-4-3-5-8-12/h3-5,7-8,13H,9-11H2,1H3. The van der Waals surface area contributed by atoms with Crippen LogP contribution in [0.1, 0.15) is 25.3 Å². The van der Waals surface area contributed by atoms with Crippen molar-refractivity contribution >= 4 is 5.91 Å². The van der Waals surface area contributed by atoms with Crippen molar-refractivity contribution in [3.63, 3.8) is 0 Å². The first kappa shape index (κ1) is 10.8. The summed E-state index contributed by atoms with van der Waals surface area (Å²) in [6.07, 6.45) is 1.50. The summed E-state index contributed by atoms with van der Waals surface area (Å²) in [5, 5.41) is 0. The Hall–Kier alpha value is -1.75. The summed E-state index contributed by atoms with van der Waals surface area (Å²) in [6.45, 7) is 2.50. The van der Waals surface area contributed by atoms with Gasteiger partial charge in [-0.2, -0.15) is 0 Å². The van der Waals surface area contributed by atoms with Crippen molar-refractivity contribution in [2.45, 2.75) is 32.4 Å². The molecule has 0 N–H and O–H groups in total. The smallest absolute Gasteiger partial charge is 0.223 e. The van der Waals surface area contributed by atoms with E-state index in [9.17, 15) is 4.79 Å². The largest absolute Gasteiger partial charge is 0.325 e. The average molecular weight is 213 g/mol. The molecule has 1 heterocycles. The molecule has 0 aromatic heterocycles. The van der Waals surface area contributed by atoms with Crippen molar-refractivity contribution in [1.29, 1.82) is 0 Å². The Kier molecular flexibility index (Phi) is 3.26. The van der Waals surface area contributed by atoms with Crippen LogP contribution in [0.3, 0.4) is 0 Å². The number of amides is 1. The van der Waals surface area contributed by atoms with Crippen LogP contribution in [-0.2, 0) is 11.3 Å². The van der Waals surface area contributed by atoms with Gasteiger partial charge in [0, 0.05) is 13.0 Å². The van der Waals surface area contributed by atoms with Crippen molar-refractivity contribution < 1.29 is 4.79 Å². The molecule has 82 valence electrons. The molecule has 0 spiro atoms. The zero-order chi connectivity index (χ0) is 11.4. The summed E-state index contributed by atoms with van der Waals surface area (Å²) >= 11 is 0. The van der Waals surface area contributed by atoms with E-state index in [2.05, 4.69) is 11.8 Å². The van der Waals surface area contributed by atoms with Crippen LogP contribution in [0.15, 0.2) is 30.3 Å². The number of carbonyl (C=O) groups is 1. The van der Waals surface area contributed by atoms with Crippen molar-refractivity contribution in [2.75, 3.05) is 0 Å². The molecule has 1 unspecified atom stereocenters. The third kappa shape index (κ3) is 2.25. The maximum absolute atomic E-state index is 11.7. The minimum Gasteiger partial charge on any atom is -0.325 e. The molecular formula is C14H15NO. The highest BCUT2D eigenvalue weighted by molar-refractivity contribution is 5.79. The highest BCUT2D eigenvalue weighted by atomic mass is 16.2. The summed E-state index contributed by atoms with van der Waals surface area (Å²) in [6, 6.07) is 10.2. The highest BCUT2D eigenvalue weighted by Gasteiger charge is 2.29. The van der Waals surface area contributed by atoms with E-state index < -0.39 is 0 Å². The predicted octanol–water partition coefficient (Wildman–Crippen LogP) is 2.20. The average Bonchev–Trinajstić information content (AvgIpc) is 2.64. The maximum atomic E-state index is 11.7. The Bertz CT molecular complexity index is 427. The van der Waals surface area contributed by atoms with Crippen LogP contribution in [-0.4, -0.2) is 16.8 Å². The number of likely N-dealkylation sites (tertiary alicyclic amines) is 1. The number of benzene rings is 1. The summed E-state index contributed by atoms with van der Waals surface area (Å²) in [7, 11) is 0. The van der Waals surface area contributed by atoms with Gasteiger partial charge in [0.15, 0.2) is 0 Å². The van der Waals surface area contributed by atoms with Crippen molar-refractivity contribution in [3.8, 4) is 11.8 Å². The van der Waals surface area contributed by atoms with Crippen molar-refractivity contribution in [2.24, 2.45) is 0 Å². The molecule has 2 rings (SSSR count). The van der Waals surface area contributed by atoms with Crippen LogP contribution < -0.4 is 0 Å². The Morgan fingerprint density at radius 3 is 2.81 bits per heavy atom. The molecule has 1 atom stereocenters. The normalized spacial score (nSPS) is 19.4. The van der Waals surface area contributed by atoms with E-state index in [-0.39, 0.29) is 11.9 Å². The van der Waals surface area contributed by atoms with Gasteiger partial charge in [-0.15, -0.1) is 5.92 Å². The van der Waals surface area contributed by atoms with E-state index in [1.54, 1.807) is 0 Å². The first-order valence-corrected chi connectivity index (χ1v) is 5.57. The number of rotatable bonds is 2. The number of hydrogen-bond donors (Lipinski definition) is 0. The molecule has 1 aliphatic heterocycles. The van der Waals surface area contributed by atoms with Gasteiger partial charge >= 0.3 is 0 Å². The fraction of sp³-hybridized carbons (Fsp3) is 0.357. The molecule has 0 radical (unpaired) electrons. The van der Waals surface area contributed by atoms with E-state index in [1.165, 1.54) is 5.56 Å². The molecule has 1 aromatic rings. The fourth-order valence-electron chi connectivity index (χ4n) is 2.03. The molecule has 1 aromatic carbocycles. The van der Waals surface area contributed by atoms with E-state index in [0.29, 0.717) is 13.0 Å². The fourth-order valence-corrected chi connectivity index (χ4v) is 2.03. The molecule has 1 aliphatic rings. The first-order valence-electron chi connectivity index (χ1n) is 5.57. The third-order valence-electron chi connectivity index (χ3n) is 2.83. The highest BCUT2D eigenvalue weighted by Crippen LogP contribution is 2.20. The lowest BCUT2D eigenvalue weighted by atomic mass is 10.2. The van der Waals surface area contributed by atoms with Crippen LogP contribution in [0, 0.1) is 11.8 Å². The second kappa shape index (κ2) is 4.85. The Morgan fingerprint density at radius 1 is 1.38 bits per heavy atom. The van der Waals surface area contributed by atoms with Gasteiger partial charge in [0.05, 0.1) is 6.04 Å². The van der Waals surface area contributed by atoms with E-state index >= 15 is 0 Å². The van der Waals surface area contributed by atoms with E-state index in [0.717, 1.165) is 6.42 Å². The van der Waals surface area contributed by atoms with Crippen LogP contribution in [0.2, 0.25) is 0 Å². The molecule has 1 fully saturated rings. The van der Waals surface area contributed by atoms with Gasteiger partial charge in [-0.1, -0.05) is 36.3 Å². The second-order valence-electron chi connectivity index (χ2n) is 3.96. The van der Waals surface area contributed by atoms with Gasteiger partial charge in [-0.3, -0.25) is 4.79 Å². The second-order valence-corrected chi connectivity index (χ2v) is 3.96. The molecule has 2 heteroatoms. The number of carbonyl (C=O) groups excluding carboxylic acids is 1. The lowest BCUT2D eigenvalue weighted by Crippen LogP contribution is -2.31. The maximum Gasteiger partial charge on any atom is 0.223 e. The molecule has 0 aliphatic carbocycles. The summed E-state index contributed by atoms with van der Waals surface area (Å²) in [5.41, 5.74) is 1.17. The molecular weight excluding hydrogens is 198 g/mol. The molecule has 1 amide bonds. The van der Waals surface area contributed by atoms with Crippen LogP contribution >= 0.6 is 0 Å². The topological polar surface area (TPSA) is 20.3 Å². The van der Waals surface area contributed by atoms with Gasteiger partial charge in [0.2, 0.25) is 5.91 Å². The molecule has 1 saturated heterocycles. The lowest BCUT2D eigenvalue weighted by Gasteiger charge is -2.20. The minimum absolute atomic E-state index is 0.109. The van der Waals surface area contributed by atoms with Crippen LogP contribution in [0.25, 0.3) is 0 Å². The quantitative estimate of drug-likeness (QED) is 0.690. The molecule has 0 saturated carbocycles. The Labute approximate surface area is 96.3 Å². The number of nitrogens with zero attached hydrogens (tertiary/aromatic N) is 1. The van der Waals surface area contributed by atoms with Crippen molar-refractivity contribution in [1.82, 2.24) is 4.90 Å². The van der Waals surface area contributed by atoms with Crippen molar-refractivity contribution in [3.05, 3.63) is 35.9 Å². The molecule has 2 nitrogen and oxygen atoms in total. The summed E-state index contributed by atoms with van der Waals surface area (Å²) < 4.78 is 0. The Morgan fingerprint density at radius 2 is 2.12 bits per heavy atom. The van der Waals surface area contributed by atoms with Gasteiger partial charge in [-0.05, 0) is 18.9 Å². The lowest BCUT2D eigenvalue weighted by molar-refractivity contribution is -0.128. The summed E-state index contributed by atoms with van der Waals surface area (Å²) in [4.78, 5) is 13.6. The molecule has 16 heavy (non-hydrogen) atoms. The van der Waals surface area contributed by atoms with Gasteiger partial charge in [0.1, 0.15) is 0 Å². The monoisotopic (exact) mass is 213 g/mol. The predicted molar refractivity (Wildman–Crippen MR) is 63.5 cm³/mol. The van der Waals surface area contributed by atoms with Crippen LogP contribution in [0.5, 0.6) is 0 Å². The Balaban J connectivity index is 2.12. The van der Waals surface area contributed by atoms with Gasteiger partial charge in [0.25, 0.3) is 0 Å². The zero-order valence-electron chi connectivity index (χ0n) is 9.44. The molecule has 0 bridgehead atoms. The summed E-state index contributed by atoms with van der Waals surface area (Å²) in [5.74, 6) is 6.22. The van der Waals surface area contributed by atoms with E-state index in [4.69, 9.17) is 0 Å². The third-order valence-corrected chi connectivity index (χ3v) is 2.83. The minimum atomic E-state index is 0.109. The SMILES string of the molecule is CC#CC1CCC(=O)N1Cc1ccccc1. The zero-order valence-corrected chi connectivity index (χ0v) is 9.44. The van der Waals surface area contributed by atoms with Gasteiger partial charge in [-0.25, -0.2) is 0 Å². The van der Waals surface area contributed by atoms with Gasteiger partial charge < -0.3 is 4.90 Å². The van der Waals surface area contributed by atoms with E-state index in [1.807, 2.05) is 42.2 Å².